The molecular formula is C32H37N5O3. The Hall–Kier alpha value is -4.20. The van der Waals surface area contributed by atoms with Gasteiger partial charge < -0.3 is 10.1 Å². The van der Waals surface area contributed by atoms with Gasteiger partial charge in [0.05, 0.1) is 12.1 Å². The Morgan fingerprint density at radius 1 is 1.00 bits per heavy atom. The zero-order chi connectivity index (χ0) is 28.3. The van der Waals surface area contributed by atoms with Crippen molar-refractivity contribution in [2.24, 2.45) is 0 Å². The average Bonchev–Trinajstić information content (AvgIpc) is 3.34. The van der Waals surface area contributed by atoms with Crippen molar-refractivity contribution in [3.63, 3.8) is 0 Å². The van der Waals surface area contributed by atoms with Crippen LogP contribution in [0.2, 0.25) is 0 Å². The van der Waals surface area contributed by atoms with Gasteiger partial charge in [-0.15, -0.1) is 5.10 Å². The van der Waals surface area contributed by atoms with Gasteiger partial charge in [-0.3, -0.25) is 14.5 Å². The number of benzene rings is 3. The standard InChI is InChI=1S/C32H37N5O3/c1-5-40-24-19-17-23(18-20-24)30(31(39)33-32(2,3)4)37(27-16-10-12-22-11-6-7-13-25(22)27)29(38)21-36-28-15-9-8-14-26(28)34-35-36/h8-10,12,14-20,30H,5-7,11,13,21H2,1-4H3,(H,33,39)/t30-/m0/s1. The van der Waals surface area contributed by atoms with E-state index in [-0.39, 0.29) is 18.4 Å². The van der Waals surface area contributed by atoms with E-state index in [1.165, 1.54) is 5.56 Å². The number of carbonyl (C=O) groups is 2. The SMILES string of the molecule is CCOc1ccc([C@@H](C(=O)NC(C)(C)C)N(C(=O)Cn2nnc3ccccc32)c2cccc3c2CCCC3)cc1. The lowest BCUT2D eigenvalue weighted by molar-refractivity contribution is -0.128. The molecule has 8 nitrogen and oxygen atoms in total. The lowest BCUT2D eigenvalue weighted by Crippen LogP contribution is -2.50. The summed E-state index contributed by atoms with van der Waals surface area (Å²) in [5.74, 6) is 0.227. The van der Waals surface area contributed by atoms with Crippen LogP contribution in [-0.2, 0) is 29.0 Å². The maximum Gasteiger partial charge on any atom is 0.249 e. The van der Waals surface area contributed by atoms with Crippen molar-refractivity contribution in [3.8, 4) is 5.75 Å². The van der Waals surface area contributed by atoms with Gasteiger partial charge in [-0.25, -0.2) is 4.68 Å². The number of hydrogen-bond donors (Lipinski definition) is 1. The number of carbonyl (C=O) groups excluding carboxylic acids is 2. The molecule has 1 aliphatic rings. The molecule has 40 heavy (non-hydrogen) atoms. The Bertz CT molecular complexity index is 1500. The number of anilines is 1. The van der Waals surface area contributed by atoms with Crippen molar-refractivity contribution < 1.29 is 14.3 Å². The second-order valence-corrected chi connectivity index (χ2v) is 11.3. The smallest absolute Gasteiger partial charge is 0.249 e. The highest BCUT2D eigenvalue weighted by Crippen LogP contribution is 2.36. The van der Waals surface area contributed by atoms with Crippen LogP contribution in [0.1, 0.15) is 63.3 Å². The Morgan fingerprint density at radius 3 is 2.50 bits per heavy atom. The molecule has 0 aliphatic heterocycles. The van der Waals surface area contributed by atoms with E-state index in [1.54, 1.807) is 9.58 Å². The summed E-state index contributed by atoms with van der Waals surface area (Å²) >= 11 is 0. The number of amides is 2. The summed E-state index contributed by atoms with van der Waals surface area (Å²) in [6, 6.07) is 20.2. The maximum absolute atomic E-state index is 14.4. The molecule has 1 aromatic heterocycles. The van der Waals surface area contributed by atoms with Crippen molar-refractivity contribution in [3.05, 3.63) is 83.4 Å². The highest BCUT2D eigenvalue weighted by atomic mass is 16.5. The van der Waals surface area contributed by atoms with Gasteiger partial charge in [0.2, 0.25) is 11.8 Å². The van der Waals surface area contributed by atoms with E-state index in [2.05, 4.69) is 21.7 Å². The van der Waals surface area contributed by atoms with Crippen LogP contribution in [-0.4, -0.2) is 39.0 Å². The van der Waals surface area contributed by atoms with Gasteiger partial charge in [-0.2, -0.15) is 0 Å². The quantitative estimate of drug-likeness (QED) is 0.324. The molecule has 1 atom stereocenters. The summed E-state index contributed by atoms with van der Waals surface area (Å²) in [5, 5.41) is 11.6. The number of aryl methyl sites for hydroxylation is 1. The van der Waals surface area contributed by atoms with Crippen LogP contribution < -0.4 is 15.0 Å². The first-order valence-electron chi connectivity index (χ1n) is 14.0. The first kappa shape index (κ1) is 27.4. The molecule has 8 heteroatoms. The van der Waals surface area contributed by atoms with Crippen molar-refractivity contribution >= 4 is 28.5 Å². The predicted octanol–water partition coefficient (Wildman–Crippen LogP) is 5.40. The number of fused-ring (bicyclic) bond motifs is 2. The predicted molar refractivity (Wildman–Crippen MR) is 156 cm³/mol. The van der Waals surface area contributed by atoms with Gasteiger partial charge in [0, 0.05) is 11.2 Å². The molecule has 1 N–H and O–H groups in total. The zero-order valence-electron chi connectivity index (χ0n) is 23.7. The number of aromatic nitrogens is 3. The van der Waals surface area contributed by atoms with Crippen LogP contribution in [0.3, 0.4) is 0 Å². The van der Waals surface area contributed by atoms with Gasteiger partial charge in [0.1, 0.15) is 23.9 Å². The van der Waals surface area contributed by atoms with Crippen LogP contribution in [0, 0.1) is 0 Å². The molecule has 0 unspecified atom stereocenters. The van der Waals surface area contributed by atoms with Crippen LogP contribution in [0.25, 0.3) is 11.0 Å². The average molecular weight is 540 g/mol. The molecule has 4 aromatic rings. The largest absolute Gasteiger partial charge is 0.494 e. The molecule has 0 bridgehead atoms. The summed E-state index contributed by atoms with van der Waals surface area (Å²) in [6.45, 7) is 8.25. The number of para-hydroxylation sites is 1. The van der Waals surface area contributed by atoms with Crippen LogP contribution in [0.5, 0.6) is 5.75 Å². The molecule has 1 heterocycles. The Labute approximate surface area is 235 Å². The summed E-state index contributed by atoms with van der Waals surface area (Å²) in [5.41, 5.74) is 4.83. The third kappa shape index (κ3) is 5.86. The van der Waals surface area contributed by atoms with Crippen LogP contribution in [0.4, 0.5) is 5.69 Å². The summed E-state index contributed by atoms with van der Waals surface area (Å²) < 4.78 is 7.27. The van der Waals surface area contributed by atoms with E-state index >= 15 is 0 Å². The Kier molecular flexibility index (Phi) is 7.87. The third-order valence-corrected chi connectivity index (χ3v) is 7.12. The van der Waals surface area contributed by atoms with E-state index in [9.17, 15) is 9.59 Å². The summed E-state index contributed by atoms with van der Waals surface area (Å²) in [4.78, 5) is 30.2. The zero-order valence-corrected chi connectivity index (χ0v) is 23.7. The maximum atomic E-state index is 14.4. The fourth-order valence-corrected chi connectivity index (χ4v) is 5.41. The molecule has 0 saturated carbocycles. The van der Waals surface area contributed by atoms with Gasteiger partial charge in [-0.05, 0) is 100 Å². The molecule has 0 fully saturated rings. The summed E-state index contributed by atoms with van der Waals surface area (Å²) in [6.07, 6.45) is 3.98. The van der Waals surface area contributed by atoms with Gasteiger partial charge >= 0.3 is 0 Å². The Morgan fingerprint density at radius 2 is 1.75 bits per heavy atom. The number of nitrogens with zero attached hydrogens (tertiary/aromatic N) is 4. The number of rotatable bonds is 8. The van der Waals surface area contributed by atoms with E-state index in [4.69, 9.17) is 4.74 Å². The van der Waals surface area contributed by atoms with Gasteiger partial charge in [0.25, 0.3) is 0 Å². The van der Waals surface area contributed by atoms with E-state index in [0.717, 1.165) is 42.5 Å². The molecule has 3 aromatic carbocycles. The molecule has 0 radical (unpaired) electrons. The van der Waals surface area contributed by atoms with E-state index in [1.807, 2.05) is 88.4 Å². The normalized spacial score (nSPS) is 13.9. The molecule has 2 amide bonds. The topological polar surface area (TPSA) is 89.4 Å². The number of nitrogens with one attached hydrogen (secondary N) is 1. The van der Waals surface area contributed by atoms with Crippen LogP contribution >= 0.6 is 0 Å². The lowest BCUT2D eigenvalue weighted by atomic mass is 9.89. The fraction of sp³-hybridized carbons (Fsp3) is 0.375. The highest BCUT2D eigenvalue weighted by Gasteiger charge is 2.36. The molecule has 5 rings (SSSR count). The van der Waals surface area contributed by atoms with Crippen molar-refractivity contribution in [1.82, 2.24) is 20.3 Å². The first-order valence-corrected chi connectivity index (χ1v) is 14.0. The Balaban J connectivity index is 1.64. The fourth-order valence-electron chi connectivity index (χ4n) is 5.41. The van der Waals surface area contributed by atoms with E-state index in [0.29, 0.717) is 23.4 Å². The monoisotopic (exact) mass is 539 g/mol. The van der Waals surface area contributed by atoms with Crippen molar-refractivity contribution in [1.29, 1.82) is 0 Å². The van der Waals surface area contributed by atoms with Crippen molar-refractivity contribution in [2.75, 3.05) is 11.5 Å². The van der Waals surface area contributed by atoms with Crippen LogP contribution in [0.15, 0.2) is 66.7 Å². The second-order valence-electron chi connectivity index (χ2n) is 11.3. The second kappa shape index (κ2) is 11.5. The van der Waals surface area contributed by atoms with E-state index < -0.39 is 11.6 Å². The molecule has 208 valence electrons. The number of ether oxygens (including phenoxy) is 1. The number of hydrogen-bond acceptors (Lipinski definition) is 5. The minimum absolute atomic E-state index is 0.0551. The van der Waals surface area contributed by atoms with Crippen molar-refractivity contribution in [2.45, 2.75) is 71.5 Å². The van der Waals surface area contributed by atoms with Gasteiger partial charge in [0.15, 0.2) is 0 Å². The van der Waals surface area contributed by atoms with Gasteiger partial charge in [-0.1, -0.05) is 41.6 Å². The third-order valence-electron chi connectivity index (χ3n) is 7.12. The molecule has 0 spiro atoms. The minimum Gasteiger partial charge on any atom is -0.494 e. The minimum atomic E-state index is -0.898. The first-order chi connectivity index (χ1) is 19.2. The summed E-state index contributed by atoms with van der Waals surface area (Å²) in [7, 11) is 0. The molecule has 1 aliphatic carbocycles. The molecule has 0 saturated heterocycles. The highest BCUT2D eigenvalue weighted by molar-refractivity contribution is 6.02. The lowest BCUT2D eigenvalue weighted by Gasteiger charge is -2.36. The molecular weight excluding hydrogens is 502 g/mol.